The summed E-state index contributed by atoms with van der Waals surface area (Å²) in [5.41, 5.74) is -0.691. The van der Waals surface area contributed by atoms with E-state index in [1.54, 1.807) is 20.8 Å². The Kier molecular flexibility index (Phi) is 8.26. The van der Waals surface area contributed by atoms with Crippen LogP contribution < -0.4 is 15.7 Å². The molecule has 0 saturated heterocycles. The number of methoxy groups -OCH3 is 1. The molecule has 0 saturated carbocycles. The topological polar surface area (TPSA) is 73.9 Å². The summed E-state index contributed by atoms with van der Waals surface area (Å²) in [7, 11) is -1.58. The largest absolute Gasteiger partial charge is 0.467 e. The van der Waals surface area contributed by atoms with Gasteiger partial charge in [-0.15, -0.1) is 0 Å². The maximum Gasteiger partial charge on any atom is 0.408 e. The molecule has 0 radical (unpaired) electrons. The SMILES string of the molecule is COC(=O)[C@H](CO[Si](c1ccccc1)(c1ccccc1)C(C)(C)C)NC(=O)OC(C)(C)C. The third-order valence-electron chi connectivity index (χ3n) is 5.06. The van der Waals surface area contributed by atoms with Crippen molar-refractivity contribution in [1.82, 2.24) is 5.32 Å². The number of amides is 1. The molecule has 0 spiro atoms. The lowest BCUT2D eigenvalue weighted by Gasteiger charge is -2.43. The van der Waals surface area contributed by atoms with E-state index in [1.165, 1.54) is 7.11 Å². The number of benzene rings is 2. The summed E-state index contributed by atoms with van der Waals surface area (Å²) < 4.78 is 17.0. The molecule has 1 amide bonds. The van der Waals surface area contributed by atoms with Crippen LogP contribution in [0.1, 0.15) is 41.5 Å². The van der Waals surface area contributed by atoms with Crippen LogP contribution in [0.2, 0.25) is 5.04 Å². The summed E-state index contributed by atoms with van der Waals surface area (Å²) >= 11 is 0. The number of hydrogen-bond donors (Lipinski definition) is 1. The number of rotatable bonds is 7. The minimum atomic E-state index is -2.87. The maximum absolute atomic E-state index is 12.5. The van der Waals surface area contributed by atoms with Gasteiger partial charge in [0.2, 0.25) is 0 Å². The molecule has 2 aromatic rings. The second-order valence-corrected chi connectivity index (χ2v) is 14.0. The zero-order chi connectivity index (χ0) is 24.0. The molecule has 0 bridgehead atoms. The lowest BCUT2D eigenvalue weighted by Crippen LogP contribution is -2.67. The highest BCUT2D eigenvalue weighted by atomic mass is 28.4. The molecule has 1 N–H and O–H groups in total. The minimum Gasteiger partial charge on any atom is -0.467 e. The smallest absolute Gasteiger partial charge is 0.408 e. The first-order valence-electron chi connectivity index (χ1n) is 10.7. The van der Waals surface area contributed by atoms with Crippen molar-refractivity contribution in [3.05, 3.63) is 60.7 Å². The molecule has 0 unspecified atom stereocenters. The highest BCUT2D eigenvalue weighted by Crippen LogP contribution is 2.36. The molecule has 2 aromatic carbocycles. The monoisotopic (exact) mass is 457 g/mol. The Morgan fingerprint density at radius 1 is 0.875 bits per heavy atom. The van der Waals surface area contributed by atoms with E-state index in [0.29, 0.717) is 0 Å². The molecule has 1 atom stereocenters. The highest BCUT2D eigenvalue weighted by molar-refractivity contribution is 6.99. The Hall–Kier alpha value is -2.64. The Morgan fingerprint density at radius 3 is 1.72 bits per heavy atom. The molecule has 0 fully saturated rings. The summed E-state index contributed by atoms with van der Waals surface area (Å²) in [5, 5.41) is 4.52. The molecule has 0 aliphatic heterocycles. The van der Waals surface area contributed by atoms with Crippen molar-refractivity contribution in [2.75, 3.05) is 13.7 Å². The van der Waals surface area contributed by atoms with E-state index < -0.39 is 32.0 Å². The highest BCUT2D eigenvalue weighted by Gasteiger charge is 2.50. The predicted molar refractivity (Wildman–Crippen MR) is 129 cm³/mol. The summed E-state index contributed by atoms with van der Waals surface area (Å²) in [6, 6.07) is 19.2. The van der Waals surface area contributed by atoms with Crippen LogP contribution in [-0.4, -0.2) is 45.7 Å². The predicted octanol–water partition coefficient (Wildman–Crippen LogP) is 3.63. The van der Waals surface area contributed by atoms with Gasteiger partial charge in [0.05, 0.1) is 13.7 Å². The van der Waals surface area contributed by atoms with Crippen LogP contribution in [0, 0.1) is 0 Å². The molecule has 0 aliphatic carbocycles. The first-order chi connectivity index (χ1) is 14.9. The molecule has 0 aliphatic rings. The standard InChI is InChI=1S/C25H35NO5Si/c1-24(2,3)31-23(28)26-21(22(27)29-7)18-30-32(25(4,5)6,19-14-10-8-11-15-19)20-16-12-9-13-17-20/h8-17,21H,18H2,1-7H3,(H,26,28)/t21-/m0/s1. The van der Waals surface area contributed by atoms with Gasteiger partial charge in [-0.3, -0.25) is 0 Å². The molecule has 174 valence electrons. The first-order valence-corrected chi connectivity index (χ1v) is 12.6. The third-order valence-corrected chi connectivity index (χ3v) is 10.1. The summed E-state index contributed by atoms with van der Waals surface area (Å²) in [6.07, 6.45) is -0.695. The lowest BCUT2D eigenvalue weighted by molar-refractivity contribution is -0.144. The van der Waals surface area contributed by atoms with E-state index in [2.05, 4.69) is 50.4 Å². The van der Waals surface area contributed by atoms with Crippen LogP contribution in [-0.2, 0) is 18.7 Å². The van der Waals surface area contributed by atoms with Crippen LogP contribution in [0.5, 0.6) is 0 Å². The maximum atomic E-state index is 12.5. The van der Waals surface area contributed by atoms with E-state index in [1.807, 2.05) is 36.4 Å². The quantitative estimate of drug-likeness (QED) is 0.508. The number of alkyl carbamates (subject to hydrolysis) is 1. The van der Waals surface area contributed by atoms with E-state index in [0.717, 1.165) is 10.4 Å². The average Bonchev–Trinajstić information content (AvgIpc) is 2.72. The Morgan fingerprint density at radius 2 is 1.34 bits per heavy atom. The Labute approximate surface area is 192 Å². The summed E-state index contributed by atoms with van der Waals surface area (Å²) in [6.45, 7) is 11.7. The Balaban J connectivity index is 2.46. The zero-order valence-electron chi connectivity index (χ0n) is 20.1. The fraction of sp³-hybridized carbons (Fsp3) is 0.440. The second-order valence-electron chi connectivity index (χ2n) is 9.70. The van der Waals surface area contributed by atoms with E-state index in [9.17, 15) is 9.59 Å². The van der Waals surface area contributed by atoms with Crippen molar-refractivity contribution < 1.29 is 23.5 Å². The minimum absolute atomic E-state index is 0.0425. The van der Waals surface area contributed by atoms with Crippen molar-refractivity contribution >= 4 is 30.8 Å². The van der Waals surface area contributed by atoms with Gasteiger partial charge in [-0.1, -0.05) is 81.4 Å². The summed E-state index contributed by atoms with van der Waals surface area (Å²) in [5.74, 6) is -0.589. The van der Waals surface area contributed by atoms with E-state index >= 15 is 0 Å². The molecule has 0 aromatic heterocycles. The number of ether oxygens (including phenoxy) is 2. The van der Waals surface area contributed by atoms with Crippen molar-refractivity contribution in [2.45, 2.75) is 58.2 Å². The van der Waals surface area contributed by atoms with Gasteiger partial charge in [0, 0.05) is 0 Å². The van der Waals surface area contributed by atoms with Crippen LogP contribution in [0.25, 0.3) is 0 Å². The number of nitrogens with one attached hydrogen (secondary N) is 1. The fourth-order valence-corrected chi connectivity index (χ4v) is 8.30. The molecule has 2 rings (SSSR count). The average molecular weight is 458 g/mol. The number of esters is 1. The van der Waals surface area contributed by atoms with Crippen LogP contribution in [0.4, 0.5) is 4.79 Å². The molecule has 7 heteroatoms. The van der Waals surface area contributed by atoms with Crippen LogP contribution in [0.3, 0.4) is 0 Å². The third kappa shape index (κ3) is 6.20. The number of carbonyl (C=O) groups excluding carboxylic acids is 2. The van der Waals surface area contributed by atoms with Gasteiger partial charge in [-0.2, -0.15) is 0 Å². The van der Waals surface area contributed by atoms with Crippen molar-refractivity contribution in [1.29, 1.82) is 0 Å². The number of hydrogen-bond acceptors (Lipinski definition) is 5. The van der Waals surface area contributed by atoms with Crippen molar-refractivity contribution in [2.24, 2.45) is 0 Å². The fourth-order valence-electron chi connectivity index (χ4n) is 3.73. The number of carbonyl (C=O) groups is 2. The van der Waals surface area contributed by atoms with E-state index in [-0.39, 0.29) is 11.6 Å². The van der Waals surface area contributed by atoms with Crippen molar-refractivity contribution in [3.8, 4) is 0 Å². The van der Waals surface area contributed by atoms with Gasteiger partial charge in [-0.05, 0) is 36.2 Å². The van der Waals surface area contributed by atoms with Crippen LogP contribution in [0.15, 0.2) is 60.7 Å². The molecule has 0 heterocycles. The van der Waals surface area contributed by atoms with Gasteiger partial charge in [0.1, 0.15) is 5.60 Å². The van der Waals surface area contributed by atoms with Gasteiger partial charge < -0.3 is 19.2 Å². The molecular weight excluding hydrogens is 422 g/mol. The zero-order valence-corrected chi connectivity index (χ0v) is 21.1. The van der Waals surface area contributed by atoms with Gasteiger partial charge >= 0.3 is 12.1 Å². The Bertz CT molecular complexity index is 849. The summed E-state index contributed by atoms with van der Waals surface area (Å²) in [4.78, 5) is 24.9. The van der Waals surface area contributed by atoms with Gasteiger partial charge in [0.15, 0.2) is 6.04 Å². The molecule has 32 heavy (non-hydrogen) atoms. The van der Waals surface area contributed by atoms with Gasteiger partial charge in [0.25, 0.3) is 8.32 Å². The normalized spacial score (nSPS) is 13.2. The molecular formula is C25H35NO5Si. The van der Waals surface area contributed by atoms with Crippen molar-refractivity contribution in [3.63, 3.8) is 0 Å². The van der Waals surface area contributed by atoms with Gasteiger partial charge in [-0.25, -0.2) is 9.59 Å². The lowest BCUT2D eigenvalue weighted by atomic mass is 10.2. The van der Waals surface area contributed by atoms with Crippen LogP contribution >= 0.6 is 0 Å². The van der Waals surface area contributed by atoms with E-state index in [4.69, 9.17) is 13.9 Å². The second kappa shape index (κ2) is 10.3. The molecule has 6 nitrogen and oxygen atoms in total. The first kappa shape index (κ1) is 25.6.